The van der Waals surface area contributed by atoms with Gasteiger partial charge in [-0.25, -0.2) is 0 Å². The van der Waals surface area contributed by atoms with Gasteiger partial charge in [-0.2, -0.15) is 5.26 Å². The molecule has 0 aliphatic carbocycles. The summed E-state index contributed by atoms with van der Waals surface area (Å²) in [6, 6.07) is 17.4. The number of hydrogen-bond acceptors (Lipinski definition) is 6. The second-order valence-electron chi connectivity index (χ2n) is 6.15. The highest BCUT2D eigenvalue weighted by Crippen LogP contribution is 2.25. The van der Waals surface area contributed by atoms with E-state index in [0.717, 1.165) is 28.0 Å². The van der Waals surface area contributed by atoms with Crippen molar-refractivity contribution in [1.82, 2.24) is 14.8 Å². The average molecular weight is 395 g/mol. The van der Waals surface area contributed by atoms with Gasteiger partial charge >= 0.3 is 0 Å². The molecule has 28 heavy (non-hydrogen) atoms. The Morgan fingerprint density at radius 1 is 1.11 bits per heavy atom. The summed E-state index contributed by atoms with van der Waals surface area (Å²) < 4.78 is 13.1. The van der Waals surface area contributed by atoms with Gasteiger partial charge < -0.3 is 9.47 Å². The number of hydrogen-bond donors (Lipinski definition) is 0. The van der Waals surface area contributed by atoms with Crippen LogP contribution in [0.4, 0.5) is 0 Å². The van der Waals surface area contributed by atoms with Crippen LogP contribution < -0.4 is 4.74 Å². The quantitative estimate of drug-likeness (QED) is 0.404. The molecule has 0 aliphatic heterocycles. The van der Waals surface area contributed by atoms with E-state index >= 15 is 0 Å². The number of nitriles is 1. The average Bonchev–Trinajstić information content (AvgIpc) is 3.12. The van der Waals surface area contributed by atoms with Gasteiger partial charge in [0.25, 0.3) is 0 Å². The highest BCUT2D eigenvalue weighted by molar-refractivity contribution is 7.99. The Morgan fingerprint density at radius 3 is 2.64 bits per heavy atom. The predicted octanol–water partition coefficient (Wildman–Crippen LogP) is 3.94. The van der Waals surface area contributed by atoms with Crippen molar-refractivity contribution in [3.05, 3.63) is 59.7 Å². The van der Waals surface area contributed by atoms with Gasteiger partial charge in [0.2, 0.25) is 0 Å². The highest BCUT2D eigenvalue weighted by atomic mass is 32.2. The van der Waals surface area contributed by atoms with Crippen molar-refractivity contribution in [2.45, 2.75) is 18.6 Å². The van der Waals surface area contributed by atoms with Gasteiger partial charge in [0.15, 0.2) is 11.0 Å². The first-order valence-electron chi connectivity index (χ1n) is 8.96. The molecule has 0 atom stereocenters. The van der Waals surface area contributed by atoms with Crippen LogP contribution in [0.25, 0.3) is 11.4 Å². The van der Waals surface area contributed by atoms with Gasteiger partial charge in [-0.05, 0) is 37.3 Å². The van der Waals surface area contributed by atoms with Crippen LogP contribution in [0.3, 0.4) is 0 Å². The molecular weight excluding hydrogens is 372 g/mol. The van der Waals surface area contributed by atoms with Crippen LogP contribution in [0.5, 0.6) is 5.75 Å². The van der Waals surface area contributed by atoms with E-state index in [1.165, 1.54) is 5.56 Å². The van der Waals surface area contributed by atoms with Crippen LogP contribution in [0, 0.1) is 18.3 Å². The molecule has 0 aliphatic rings. The standard InChI is InChI=1S/C21H22N4O2S/c1-16-4-3-5-18(14-16)20-23-24-21(25(20)10-11-26-2)28-13-12-27-19-8-6-17(15-22)7-9-19/h3-9,14H,10-13H2,1-2H3. The van der Waals surface area contributed by atoms with Crippen molar-refractivity contribution >= 4 is 11.8 Å². The molecule has 0 saturated carbocycles. The fourth-order valence-electron chi connectivity index (χ4n) is 2.70. The van der Waals surface area contributed by atoms with E-state index in [1.807, 2.05) is 12.1 Å². The molecule has 3 aromatic rings. The van der Waals surface area contributed by atoms with Crippen LogP contribution in [-0.2, 0) is 11.3 Å². The molecule has 0 N–H and O–H groups in total. The number of aryl methyl sites for hydroxylation is 1. The summed E-state index contributed by atoms with van der Waals surface area (Å²) in [5.41, 5.74) is 2.85. The lowest BCUT2D eigenvalue weighted by atomic mass is 10.1. The van der Waals surface area contributed by atoms with Crippen molar-refractivity contribution in [2.24, 2.45) is 0 Å². The minimum Gasteiger partial charge on any atom is -0.493 e. The van der Waals surface area contributed by atoms with Crippen molar-refractivity contribution in [3.8, 4) is 23.2 Å². The Kier molecular flexibility index (Phi) is 7.06. The van der Waals surface area contributed by atoms with Crippen LogP contribution in [0.1, 0.15) is 11.1 Å². The summed E-state index contributed by atoms with van der Waals surface area (Å²) in [4.78, 5) is 0. The number of thioether (sulfide) groups is 1. The zero-order chi connectivity index (χ0) is 19.8. The first-order chi connectivity index (χ1) is 13.7. The second kappa shape index (κ2) is 9.93. The maximum Gasteiger partial charge on any atom is 0.191 e. The maximum atomic E-state index is 8.84. The molecular formula is C21H22N4O2S. The molecule has 0 amide bonds. The number of nitrogens with zero attached hydrogens (tertiary/aromatic N) is 4. The van der Waals surface area contributed by atoms with Gasteiger partial charge in [0, 0.05) is 18.4 Å². The minimum absolute atomic E-state index is 0.535. The zero-order valence-electron chi connectivity index (χ0n) is 16.0. The lowest BCUT2D eigenvalue weighted by molar-refractivity contribution is 0.185. The smallest absolute Gasteiger partial charge is 0.191 e. The van der Waals surface area contributed by atoms with Gasteiger partial charge in [-0.3, -0.25) is 4.57 Å². The number of rotatable bonds is 9. The lowest BCUT2D eigenvalue weighted by Crippen LogP contribution is -2.08. The number of methoxy groups -OCH3 is 1. The third kappa shape index (κ3) is 5.12. The normalized spacial score (nSPS) is 10.6. The Labute approximate surface area is 169 Å². The number of benzene rings is 2. The summed E-state index contributed by atoms with van der Waals surface area (Å²) in [6.07, 6.45) is 0. The summed E-state index contributed by atoms with van der Waals surface area (Å²) in [7, 11) is 1.69. The number of ether oxygens (including phenoxy) is 2. The topological polar surface area (TPSA) is 73.0 Å². The first-order valence-corrected chi connectivity index (χ1v) is 9.95. The van der Waals surface area contributed by atoms with E-state index in [-0.39, 0.29) is 0 Å². The molecule has 0 fully saturated rings. The lowest BCUT2D eigenvalue weighted by Gasteiger charge is -2.10. The molecule has 6 nitrogen and oxygen atoms in total. The highest BCUT2D eigenvalue weighted by Gasteiger charge is 2.14. The van der Waals surface area contributed by atoms with E-state index in [4.69, 9.17) is 14.7 Å². The van der Waals surface area contributed by atoms with Gasteiger partial charge in [0.05, 0.1) is 31.4 Å². The van der Waals surface area contributed by atoms with Crippen LogP contribution in [0.2, 0.25) is 0 Å². The van der Waals surface area contributed by atoms with Crippen LogP contribution >= 0.6 is 11.8 Å². The molecule has 0 radical (unpaired) electrons. The molecule has 3 rings (SSSR count). The van der Waals surface area contributed by atoms with Gasteiger partial charge in [-0.1, -0.05) is 35.5 Å². The molecule has 2 aromatic carbocycles. The van der Waals surface area contributed by atoms with Crippen molar-refractivity contribution < 1.29 is 9.47 Å². The van der Waals surface area contributed by atoms with Crippen LogP contribution in [0.15, 0.2) is 53.7 Å². The largest absolute Gasteiger partial charge is 0.493 e. The number of aromatic nitrogens is 3. The molecule has 144 valence electrons. The Bertz CT molecular complexity index is 948. The molecule has 0 bridgehead atoms. The summed E-state index contributed by atoms with van der Waals surface area (Å²) in [6.45, 7) is 3.88. The van der Waals surface area contributed by atoms with E-state index in [2.05, 4.69) is 39.9 Å². The zero-order valence-corrected chi connectivity index (χ0v) is 16.8. The Morgan fingerprint density at radius 2 is 1.93 bits per heavy atom. The van der Waals surface area contributed by atoms with Crippen molar-refractivity contribution in [1.29, 1.82) is 5.26 Å². The van der Waals surface area contributed by atoms with E-state index in [0.29, 0.717) is 25.3 Å². The van der Waals surface area contributed by atoms with E-state index in [1.54, 1.807) is 43.1 Å². The summed E-state index contributed by atoms with van der Waals surface area (Å²) in [5.74, 6) is 2.33. The Hall–Kier alpha value is -2.82. The third-order valence-corrected chi connectivity index (χ3v) is 5.01. The molecule has 1 aromatic heterocycles. The van der Waals surface area contributed by atoms with E-state index < -0.39 is 0 Å². The van der Waals surface area contributed by atoms with Crippen molar-refractivity contribution in [3.63, 3.8) is 0 Å². The second-order valence-corrected chi connectivity index (χ2v) is 7.22. The SMILES string of the molecule is COCCn1c(SCCOc2ccc(C#N)cc2)nnc1-c1cccc(C)c1. The summed E-state index contributed by atoms with van der Waals surface area (Å²) >= 11 is 1.60. The monoisotopic (exact) mass is 394 g/mol. The molecule has 7 heteroatoms. The maximum absolute atomic E-state index is 8.84. The summed E-state index contributed by atoms with van der Waals surface area (Å²) in [5, 5.41) is 18.5. The van der Waals surface area contributed by atoms with Crippen molar-refractivity contribution in [2.75, 3.05) is 26.1 Å². The van der Waals surface area contributed by atoms with Gasteiger partial charge in [-0.15, -0.1) is 10.2 Å². The minimum atomic E-state index is 0.535. The molecule has 0 spiro atoms. The molecule has 1 heterocycles. The van der Waals surface area contributed by atoms with E-state index in [9.17, 15) is 0 Å². The molecule has 0 saturated heterocycles. The van der Waals surface area contributed by atoms with Gasteiger partial charge in [0.1, 0.15) is 5.75 Å². The first kappa shape index (κ1) is 19.9. The van der Waals surface area contributed by atoms with Crippen LogP contribution in [-0.4, -0.2) is 40.8 Å². The Balaban J connectivity index is 1.65. The fraction of sp³-hybridized carbons (Fsp3) is 0.286. The molecule has 0 unspecified atom stereocenters. The fourth-order valence-corrected chi connectivity index (χ4v) is 3.48. The predicted molar refractivity (Wildman–Crippen MR) is 109 cm³/mol. The third-order valence-electron chi connectivity index (χ3n) is 4.08.